The van der Waals surface area contributed by atoms with Crippen LogP contribution in [-0.4, -0.2) is 19.8 Å². The third-order valence-corrected chi connectivity index (χ3v) is 3.86. The number of benzene rings is 2. The van der Waals surface area contributed by atoms with Gasteiger partial charge in [-0.05, 0) is 45.0 Å². The van der Waals surface area contributed by atoms with E-state index in [-0.39, 0.29) is 11.2 Å². The number of hydrogen-bond acceptors (Lipinski definition) is 5. The zero-order chi connectivity index (χ0) is 18.5. The molecule has 0 saturated heterocycles. The van der Waals surface area contributed by atoms with Crippen LogP contribution in [0.25, 0.3) is 22.3 Å². The normalized spacial score (nSPS) is 10.7. The molecule has 0 radical (unpaired) electrons. The molecule has 2 aromatic carbocycles. The summed E-state index contributed by atoms with van der Waals surface area (Å²) in [6.07, 6.45) is 0. The van der Waals surface area contributed by atoms with Crippen molar-refractivity contribution in [2.24, 2.45) is 0 Å². The second kappa shape index (κ2) is 7.95. The molecule has 1 heterocycles. The maximum atomic E-state index is 12.9. The van der Waals surface area contributed by atoms with Gasteiger partial charge in [0, 0.05) is 0 Å². The Hall–Kier alpha value is -2.95. The summed E-state index contributed by atoms with van der Waals surface area (Å²) in [6.45, 7) is 6.95. The van der Waals surface area contributed by atoms with E-state index in [9.17, 15) is 4.79 Å². The molecule has 136 valence electrons. The van der Waals surface area contributed by atoms with Crippen molar-refractivity contribution in [1.82, 2.24) is 0 Å². The summed E-state index contributed by atoms with van der Waals surface area (Å²) < 4.78 is 23.2. The van der Waals surface area contributed by atoms with Gasteiger partial charge in [-0.25, -0.2) is 0 Å². The van der Waals surface area contributed by atoms with Gasteiger partial charge in [0.15, 0.2) is 17.3 Å². The summed E-state index contributed by atoms with van der Waals surface area (Å²) in [7, 11) is 0. The smallest absolute Gasteiger partial charge is 0.235 e. The Kier molecular flexibility index (Phi) is 5.46. The van der Waals surface area contributed by atoms with Crippen molar-refractivity contribution in [3.05, 3.63) is 52.7 Å². The van der Waals surface area contributed by atoms with Gasteiger partial charge in [-0.1, -0.05) is 18.2 Å². The molecule has 0 spiro atoms. The van der Waals surface area contributed by atoms with Crippen LogP contribution < -0.4 is 19.6 Å². The van der Waals surface area contributed by atoms with E-state index in [4.69, 9.17) is 18.6 Å². The highest BCUT2D eigenvalue weighted by Crippen LogP contribution is 2.42. The molecule has 3 aromatic rings. The first-order valence-corrected chi connectivity index (χ1v) is 8.78. The van der Waals surface area contributed by atoms with Gasteiger partial charge >= 0.3 is 0 Å². The van der Waals surface area contributed by atoms with Gasteiger partial charge in [-0.15, -0.1) is 0 Å². The molecule has 1 aromatic heterocycles. The first-order chi connectivity index (χ1) is 12.7. The van der Waals surface area contributed by atoms with Crippen LogP contribution in [0.2, 0.25) is 0 Å². The molecule has 0 bridgehead atoms. The molecule has 3 rings (SSSR count). The van der Waals surface area contributed by atoms with Crippen LogP contribution in [0.3, 0.4) is 0 Å². The highest BCUT2D eigenvalue weighted by Gasteiger charge is 2.22. The lowest BCUT2D eigenvalue weighted by molar-refractivity contribution is 0.287. The van der Waals surface area contributed by atoms with Crippen LogP contribution in [-0.2, 0) is 0 Å². The predicted octanol–water partition coefficient (Wildman–Crippen LogP) is 4.66. The van der Waals surface area contributed by atoms with Gasteiger partial charge in [0.05, 0.1) is 30.8 Å². The largest absolute Gasteiger partial charge is 0.490 e. The van der Waals surface area contributed by atoms with Crippen LogP contribution in [0.4, 0.5) is 0 Å². The Bertz CT molecular complexity index is 958. The third-order valence-electron chi connectivity index (χ3n) is 3.86. The summed E-state index contributed by atoms with van der Waals surface area (Å²) in [5.41, 5.74) is 0.928. The lowest BCUT2D eigenvalue weighted by Gasteiger charge is -2.16. The second-order valence-corrected chi connectivity index (χ2v) is 5.52. The molecular weight excluding hydrogens is 332 g/mol. The predicted molar refractivity (Wildman–Crippen MR) is 101 cm³/mol. The van der Waals surface area contributed by atoms with Crippen LogP contribution in [0, 0.1) is 0 Å². The second-order valence-electron chi connectivity index (χ2n) is 5.52. The number of rotatable bonds is 7. The minimum Gasteiger partial charge on any atom is -0.490 e. The van der Waals surface area contributed by atoms with Crippen molar-refractivity contribution < 1.29 is 18.6 Å². The van der Waals surface area contributed by atoms with Crippen molar-refractivity contribution in [2.45, 2.75) is 20.8 Å². The Morgan fingerprint density at radius 1 is 0.808 bits per heavy atom. The van der Waals surface area contributed by atoms with Crippen LogP contribution in [0.1, 0.15) is 20.8 Å². The van der Waals surface area contributed by atoms with Crippen molar-refractivity contribution >= 4 is 11.0 Å². The fourth-order valence-electron chi connectivity index (χ4n) is 2.83. The molecule has 0 amide bonds. The molecule has 0 aliphatic rings. The van der Waals surface area contributed by atoms with Crippen molar-refractivity contribution in [3.8, 4) is 28.6 Å². The molecular formula is C21H22O5. The number of ether oxygens (including phenoxy) is 3. The number of para-hydroxylation sites is 2. The fraction of sp³-hybridized carbons (Fsp3) is 0.286. The Labute approximate surface area is 152 Å². The molecule has 5 nitrogen and oxygen atoms in total. The zero-order valence-corrected chi connectivity index (χ0v) is 15.2. The molecule has 0 N–H and O–H groups in total. The van der Waals surface area contributed by atoms with Crippen molar-refractivity contribution in [2.75, 3.05) is 19.8 Å². The van der Waals surface area contributed by atoms with E-state index in [1.54, 1.807) is 18.2 Å². The standard InChI is InChI=1S/C21H22O5/c1-4-23-17-13-9-11-15(19(17)24-5-2)20-21(25-6-3)18(22)14-10-7-8-12-16(14)26-20/h7-13H,4-6H2,1-3H3. The molecule has 5 heteroatoms. The number of fused-ring (bicyclic) bond motifs is 1. The van der Waals surface area contributed by atoms with Crippen LogP contribution in [0.5, 0.6) is 17.2 Å². The minimum atomic E-state index is -0.201. The van der Waals surface area contributed by atoms with Gasteiger partial charge in [0.2, 0.25) is 11.2 Å². The van der Waals surface area contributed by atoms with E-state index in [0.717, 1.165) is 0 Å². The van der Waals surface area contributed by atoms with E-state index in [1.165, 1.54) is 0 Å². The third kappa shape index (κ3) is 3.25. The quantitative estimate of drug-likeness (QED) is 0.618. The fourth-order valence-corrected chi connectivity index (χ4v) is 2.83. The van der Waals surface area contributed by atoms with E-state index in [1.807, 2.05) is 45.0 Å². The minimum absolute atomic E-state index is 0.181. The van der Waals surface area contributed by atoms with Gasteiger partial charge in [0.1, 0.15) is 5.58 Å². The average molecular weight is 354 g/mol. The average Bonchev–Trinajstić information content (AvgIpc) is 2.66. The first kappa shape index (κ1) is 17.9. The van der Waals surface area contributed by atoms with Crippen molar-refractivity contribution in [3.63, 3.8) is 0 Å². The van der Waals surface area contributed by atoms with E-state index >= 15 is 0 Å². The molecule has 0 saturated carbocycles. The maximum absolute atomic E-state index is 12.9. The van der Waals surface area contributed by atoms with Gasteiger partial charge in [0.25, 0.3) is 0 Å². The molecule has 26 heavy (non-hydrogen) atoms. The highest BCUT2D eigenvalue weighted by molar-refractivity contribution is 5.83. The molecule has 0 atom stereocenters. The Morgan fingerprint density at radius 2 is 1.50 bits per heavy atom. The SMILES string of the molecule is CCOc1cccc(-c2oc3ccccc3c(=O)c2OCC)c1OCC. The van der Waals surface area contributed by atoms with Crippen molar-refractivity contribution in [1.29, 1.82) is 0 Å². The summed E-state index contributed by atoms with van der Waals surface area (Å²) >= 11 is 0. The summed E-state index contributed by atoms with van der Waals surface area (Å²) in [6, 6.07) is 12.6. The maximum Gasteiger partial charge on any atom is 0.235 e. The molecule has 0 aliphatic heterocycles. The molecule has 0 unspecified atom stereocenters. The summed E-state index contributed by atoms with van der Waals surface area (Å²) in [5.74, 6) is 1.67. The van der Waals surface area contributed by atoms with Gasteiger partial charge in [-0.3, -0.25) is 4.79 Å². The van der Waals surface area contributed by atoms with Crippen LogP contribution >= 0.6 is 0 Å². The topological polar surface area (TPSA) is 57.9 Å². The molecule has 0 fully saturated rings. The molecule has 0 aliphatic carbocycles. The highest BCUT2D eigenvalue weighted by atomic mass is 16.5. The Balaban J connectivity index is 2.32. The van der Waals surface area contributed by atoms with Crippen LogP contribution in [0.15, 0.2) is 51.7 Å². The number of hydrogen-bond donors (Lipinski definition) is 0. The van der Waals surface area contributed by atoms with E-state index in [2.05, 4.69) is 0 Å². The Morgan fingerprint density at radius 3 is 2.23 bits per heavy atom. The zero-order valence-electron chi connectivity index (χ0n) is 15.2. The lowest BCUT2D eigenvalue weighted by atomic mass is 10.1. The van der Waals surface area contributed by atoms with Gasteiger partial charge in [-0.2, -0.15) is 0 Å². The lowest BCUT2D eigenvalue weighted by Crippen LogP contribution is -2.10. The van der Waals surface area contributed by atoms with E-state index < -0.39 is 0 Å². The summed E-state index contributed by atoms with van der Waals surface area (Å²) in [4.78, 5) is 12.9. The first-order valence-electron chi connectivity index (χ1n) is 8.78. The monoisotopic (exact) mass is 354 g/mol. The summed E-state index contributed by atoms with van der Waals surface area (Å²) in [5, 5.41) is 0.485. The van der Waals surface area contributed by atoms with E-state index in [0.29, 0.717) is 53.6 Å². The van der Waals surface area contributed by atoms with Gasteiger partial charge < -0.3 is 18.6 Å².